The van der Waals surface area contributed by atoms with Gasteiger partial charge in [0.1, 0.15) is 11.9 Å². The van der Waals surface area contributed by atoms with Crippen LogP contribution in [0.3, 0.4) is 0 Å². The Bertz CT molecular complexity index is 568. The van der Waals surface area contributed by atoms with Crippen LogP contribution >= 0.6 is 0 Å². The lowest BCUT2D eigenvalue weighted by atomic mass is 10.0. The number of amides is 1. The number of ether oxygens (including phenoxy) is 1. The van der Waals surface area contributed by atoms with Gasteiger partial charge in [0.2, 0.25) is 5.91 Å². The number of benzene rings is 1. The summed E-state index contributed by atoms with van der Waals surface area (Å²) in [6.07, 6.45) is 5.75. The van der Waals surface area contributed by atoms with E-state index in [2.05, 4.69) is 0 Å². The molecule has 21 heavy (non-hydrogen) atoms. The molecule has 1 heterocycles. The lowest BCUT2D eigenvalue weighted by molar-refractivity contribution is -0.384. The van der Waals surface area contributed by atoms with Crippen LogP contribution in [0.5, 0.6) is 5.75 Å². The fourth-order valence-electron chi connectivity index (χ4n) is 2.61. The predicted molar refractivity (Wildman–Crippen MR) is 76.0 cm³/mol. The molecule has 0 aromatic heterocycles. The van der Waals surface area contributed by atoms with Gasteiger partial charge in [-0.05, 0) is 25.0 Å². The number of likely N-dealkylation sites (tertiary alicyclic amines) is 1. The van der Waals surface area contributed by atoms with Crippen molar-refractivity contribution in [2.45, 2.75) is 18.9 Å². The quantitative estimate of drug-likeness (QED) is 0.483. The number of nitro groups is 1. The van der Waals surface area contributed by atoms with Crippen LogP contribution in [0.15, 0.2) is 36.4 Å². The SMILES string of the molecule is O=C(C1CC=CC1)N1CC(Oc2ccc([N+](=O)[O-])cc2)C1. The van der Waals surface area contributed by atoms with Crippen molar-refractivity contribution in [3.63, 3.8) is 0 Å². The first kappa shape index (κ1) is 13.6. The van der Waals surface area contributed by atoms with Crippen LogP contribution in [0.4, 0.5) is 5.69 Å². The Hall–Kier alpha value is -2.37. The molecule has 0 N–H and O–H groups in total. The molecule has 2 aliphatic rings. The zero-order chi connectivity index (χ0) is 14.8. The minimum Gasteiger partial charge on any atom is -0.487 e. The smallest absolute Gasteiger partial charge is 0.269 e. The zero-order valence-corrected chi connectivity index (χ0v) is 11.5. The Balaban J connectivity index is 1.48. The average molecular weight is 288 g/mol. The lowest BCUT2D eigenvalue weighted by Gasteiger charge is -2.40. The first-order valence-corrected chi connectivity index (χ1v) is 6.98. The van der Waals surface area contributed by atoms with Crippen LogP contribution in [0.2, 0.25) is 0 Å². The minimum atomic E-state index is -0.441. The second-order valence-electron chi connectivity index (χ2n) is 5.37. The van der Waals surface area contributed by atoms with Crippen molar-refractivity contribution in [2.75, 3.05) is 13.1 Å². The molecular weight excluding hydrogens is 272 g/mol. The van der Waals surface area contributed by atoms with Gasteiger partial charge in [-0.25, -0.2) is 0 Å². The number of non-ortho nitro benzene ring substituents is 1. The molecule has 0 radical (unpaired) electrons. The largest absolute Gasteiger partial charge is 0.487 e. The third kappa shape index (κ3) is 2.89. The molecule has 1 aliphatic carbocycles. The van der Waals surface area contributed by atoms with Crippen molar-refractivity contribution in [3.05, 3.63) is 46.5 Å². The summed E-state index contributed by atoms with van der Waals surface area (Å²) >= 11 is 0. The van der Waals surface area contributed by atoms with E-state index in [1.165, 1.54) is 12.1 Å². The summed E-state index contributed by atoms with van der Waals surface area (Å²) in [5, 5.41) is 10.6. The molecule has 1 amide bonds. The maximum Gasteiger partial charge on any atom is 0.269 e. The van der Waals surface area contributed by atoms with E-state index in [0.29, 0.717) is 18.8 Å². The van der Waals surface area contributed by atoms with Crippen LogP contribution in [0.1, 0.15) is 12.8 Å². The summed E-state index contributed by atoms with van der Waals surface area (Å²) in [6.45, 7) is 1.18. The van der Waals surface area contributed by atoms with Gasteiger partial charge in [-0.1, -0.05) is 12.2 Å². The van der Waals surface area contributed by atoms with Crippen molar-refractivity contribution in [3.8, 4) is 5.75 Å². The van der Waals surface area contributed by atoms with E-state index in [-0.39, 0.29) is 23.6 Å². The van der Waals surface area contributed by atoms with Gasteiger partial charge in [0.25, 0.3) is 5.69 Å². The molecule has 6 nitrogen and oxygen atoms in total. The molecule has 1 aliphatic heterocycles. The van der Waals surface area contributed by atoms with E-state index in [4.69, 9.17) is 4.74 Å². The summed E-state index contributed by atoms with van der Waals surface area (Å²) < 4.78 is 5.70. The molecular formula is C15H16N2O4. The highest BCUT2D eigenvalue weighted by Gasteiger charge is 2.35. The molecule has 1 fully saturated rings. The van der Waals surface area contributed by atoms with Gasteiger partial charge in [-0.2, -0.15) is 0 Å². The summed E-state index contributed by atoms with van der Waals surface area (Å²) in [4.78, 5) is 24.0. The number of carbonyl (C=O) groups is 1. The van der Waals surface area contributed by atoms with Crippen molar-refractivity contribution in [2.24, 2.45) is 5.92 Å². The summed E-state index contributed by atoms with van der Waals surface area (Å²) in [7, 11) is 0. The Morgan fingerprint density at radius 1 is 1.19 bits per heavy atom. The fourth-order valence-corrected chi connectivity index (χ4v) is 2.61. The molecule has 1 aromatic rings. The summed E-state index contributed by atoms with van der Waals surface area (Å²) in [6, 6.07) is 6.01. The van der Waals surface area contributed by atoms with Crippen LogP contribution in [-0.4, -0.2) is 34.9 Å². The summed E-state index contributed by atoms with van der Waals surface area (Å²) in [5.41, 5.74) is 0.0431. The molecule has 0 spiro atoms. The third-order valence-electron chi connectivity index (χ3n) is 3.87. The molecule has 6 heteroatoms. The number of allylic oxidation sites excluding steroid dienone is 2. The first-order valence-electron chi connectivity index (χ1n) is 6.98. The second kappa shape index (κ2) is 5.55. The Morgan fingerprint density at radius 3 is 2.38 bits per heavy atom. The number of hydrogen-bond donors (Lipinski definition) is 0. The first-order chi connectivity index (χ1) is 10.1. The van der Waals surface area contributed by atoms with Gasteiger partial charge in [-0.3, -0.25) is 14.9 Å². The zero-order valence-electron chi connectivity index (χ0n) is 11.5. The monoisotopic (exact) mass is 288 g/mol. The molecule has 0 saturated carbocycles. The number of nitro benzene ring substituents is 1. The van der Waals surface area contributed by atoms with Gasteiger partial charge >= 0.3 is 0 Å². The summed E-state index contributed by atoms with van der Waals surface area (Å²) in [5.74, 6) is 0.897. The topological polar surface area (TPSA) is 72.7 Å². The predicted octanol–water partition coefficient (Wildman–Crippen LogP) is 2.15. The number of nitrogens with zero attached hydrogens (tertiary/aromatic N) is 2. The van der Waals surface area contributed by atoms with E-state index in [1.807, 2.05) is 17.1 Å². The van der Waals surface area contributed by atoms with Gasteiger partial charge in [0.15, 0.2) is 0 Å². The lowest BCUT2D eigenvalue weighted by Crippen LogP contribution is -2.57. The van der Waals surface area contributed by atoms with Gasteiger partial charge in [0, 0.05) is 18.1 Å². The van der Waals surface area contributed by atoms with Crippen LogP contribution in [0, 0.1) is 16.0 Å². The number of rotatable bonds is 4. The maximum absolute atomic E-state index is 12.1. The van der Waals surface area contributed by atoms with Crippen LogP contribution in [0.25, 0.3) is 0 Å². The van der Waals surface area contributed by atoms with Gasteiger partial charge in [0.05, 0.1) is 18.0 Å². The Kier molecular flexibility index (Phi) is 3.60. The van der Waals surface area contributed by atoms with Gasteiger partial charge in [-0.15, -0.1) is 0 Å². The number of hydrogen-bond acceptors (Lipinski definition) is 4. The fraction of sp³-hybridized carbons (Fsp3) is 0.400. The average Bonchev–Trinajstić information content (AvgIpc) is 2.96. The van der Waals surface area contributed by atoms with Crippen LogP contribution < -0.4 is 4.74 Å². The van der Waals surface area contributed by atoms with Crippen molar-refractivity contribution in [1.82, 2.24) is 4.90 Å². The minimum absolute atomic E-state index is 0.0234. The van der Waals surface area contributed by atoms with Crippen molar-refractivity contribution in [1.29, 1.82) is 0 Å². The molecule has 0 bridgehead atoms. The van der Waals surface area contributed by atoms with Crippen molar-refractivity contribution < 1.29 is 14.5 Å². The Labute approximate surface area is 122 Å². The highest BCUT2D eigenvalue weighted by atomic mass is 16.6. The highest BCUT2D eigenvalue weighted by Crippen LogP contribution is 2.25. The molecule has 1 saturated heterocycles. The Morgan fingerprint density at radius 2 is 1.81 bits per heavy atom. The molecule has 1 aromatic carbocycles. The molecule has 0 atom stereocenters. The normalized spacial score (nSPS) is 18.6. The van der Waals surface area contributed by atoms with E-state index in [0.717, 1.165) is 12.8 Å². The van der Waals surface area contributed by atoms with E-state index in [1.54, 1.807) is 12.1 Å². The molecule has 3 rings (SSSR count). The highest BCUT2D eigenvalue weighted by molar-refractivity contribution is 5.80. The van der Waals surface area contributed by atoms with E-state index in [9.17, 15) is 14.9 Å². The third-order valence-corrected chi connectivity index (χ3v) is 3.87. The van der Waals surface area contributed by atoms with Gasteiger partial charge < -0.3 is 9.64 Å². The van der Waals surface area contributed by atoms with Crippen molar-refractivity contribution >= 4 is 11.6 Å². The standard InChI is InChI=1S/C15H16N2O4/c18-15(11-3-1-2-4-11)16-9-14(10-16)21-13-7-5-12(6-8-13)17(19)20/h1-2,5-8,11,14H,3-4,9-10H2. The molecule has 0 unspecified atom stereocenters. The maximum atomic E-state index is 12.1. The molecule has 110 valence electrons. The van der Waals surface area contributed by atoms with Crippen LogP contribution in [-0.2, 0) is 4.79 Å². The van der Waals surface area contributed by atoms with E-state index < -0.39 is 4.92 Å². The number of carbonyl (C=O) groups excluding carboxylic acids is 1. The van der Waals surface area contributed by atoms with E-state index >= 15 is 0 Å². The second-order valence-corrected chi connectivity index (χ2v) is 5.37.